The Kier molecular flexibility index (Phi) is 3.29. The number of nitrogens with two attached hydrogens (primary N) is 1. The minimum atomic E-state index is 0.0709. The summed E-state index contributed by atoms with van der Waals surface area (Å²) in [5.74, 6) is 0.852. The number of nitrogens with one attached hydrogen (secondary N) is 1. The first-order chi connectivity index (χ1) is 7.74. The third-order valence-electron chi connectivity index (χ3n) is 3.42. The monoisotopic (exact) mass is 222 g/mol. The Bertz CT molecular complexity index is 336. The van der Waals surface area contributed by atoms with E-state index in [4.69, 9.17) is 10.2 Å². The minimum absolute atomic E-state index is 0.0709. The van der Waals surface area contributed by atoms with Gasteiger partial charge in [-0.3, -0.25) is 4.79 Å². The van der Waals surface area contributed by atoms with E-state index in [0.717, 1.165) is 18.6 Å². The molecule has 1 heterocycles. The van der Waals surface area contributed by atoms with Crippen LogP contribution in [0, 0.1) is 5.41 Å². The molecule has 1 aliphatic rings. The molecule has 1 aliphatic carbocycles. The zero-order valence-electron chi connectivity index (χ0n) is 9.37. The molecular weight excluding hydrogens is 204 g/mol. The largest absolute Gasteiger partial charge is 0.467 e. The number of carbonyl (C=O) groups excluding carboxylic acids is 1. The van der Waals surface area contributed by atoms with E-state index in [-0.39, 0.29) is 11.3 Å². The van der Waals surface area contributed by atoms with E-state index < -0.39 is 0 Å². The predicted molar refractivity (Wildman–Crippen MR) is 60.5 cm³/mol. The average molecular weight is 222 g/mol. The smallest absolute Gasteiger partial charge is 0.220 e. The van der Waals surface area contributed by atoms with Crippen molar-refractivity contribution < 1.29 is 9.21 Å². The highest BCUT2D eigenvalue weighted by Crippen LogP contribution is 2.42. The minimum Gasteiger partial charge on any atom is -0.467 e. The Labute approximate surface area is 95.2 Å². The molecule has 1 amide bonds. The molecule has 1 aromatic heterocycles. The van der Waals surface area contributed by atoms with Gasteiger partial charge in [-0.15, -0.1) is 0 Å². The lowest BCUT2D eigenvalue weighted by Crippen LogP contribution is -2.41. The first kappa shape index (κ1) is 11.2. The van der Waals surface area contributed by atoms with Crippen molar-refractivity contribution in [2.75, 3.05) is 6.54 Å². The van der Waals surface area contributed by atoms with Gasteiger partial charge in [-0.2, -0.15) is 0 Å². The maximum atomic E-state index is 11.7. The fraction of sp³-hybridized carbons (Fsp3) is 0.583. The standard InChI is InChI=1S/C12H18N2O2/c13-9-12(4-2-5-12)7-11(15)14-8-10-3-1-6-16-10/h1,3,6H,2,4-5,7-9,13H2,(H,14,15). The predicted octanol–water partition coefficient (Wildman–Crippen LogP) is 1.41. The van der Waals surface area contributed by atoms with Gasteiger partial charge in [0.2, 0.25) is 5.91 Å². The summed E-state index contributed by atoms with van der Waals surface area (Å²) in [7, 11) is 0. The number of hydrogen-bond donors (Lipinski definition) is 2. The Balaban J connectivity index is 1.76. The molecule has 0 aliphatic heterocycles. The van der Waals surface area contributed by atoms with Crippen LogP contribution in [0.5, 0.6) is 0 Å². The number of furan rings is 1. The molecule has 2 rings (SSSR count). The van der Waals surface area contributed by atoms with E-state index in [1.165, 1.54) is 6.42 Å². The first-order valence-electron chi connectivity index (χ1n) is 5.73. The van der Waals surface area contributed by atoms with Crippen molar-refractivity contribution in [1.29, 1.82) is 0 Å². The molecule has 0 aromatic carbocycles. The molecule has 16 heavy (non-hydrogen) atoms. The van der Waals surface area contributed by atoms with Crippen molar-refractivity contribution in [2.24, 2.45) is 11.1 Å². The molecule has 4 heteroatoms. The van der Waals surface area contributed by atoms with Gasteiger partial charge in [-0.05, 0) is 36.9 Å². The van der Waals surface area contributed by atoms with Crippen molar-refractivity contribution >= 4 is 5.91 Å². The van der Waals surface area contributed by atoms with E-state index in [2.05, 4.69) is 5.32 Å². The van der Waals surface area contributed by atoms with Gasteiger partial charge in [0, 0.05) is 6.42 Å². The summed E-state index contributed by atoms with van der Waals surface area (Å²) < 4.78 is 5.14. The molecule has 0 bridgehead atoms. The number of rotatable bonds is 5. The summed E-state index contributed by atoms with van der Waals surface area (Å²) in [6.07, 6.45) is 5.51. The molecule has 0 saturated heterocycles. The number of carbonyl (C=O) groups is 1. The number of hydrogen-bond acceptors (Lipinski definition) is 3. The van der Waals surface area contributed by atoms with Crippen molar-refractivity contribution in [3.8, 4) is 0 Å². The molecule has 1 saturated carbocycles. The Hall–Kier alpha value is -1.29. The van der Waals surface area contributed by atoms with Gasteiger partial charge in [0.1, 0.15) is 5.76 Å². The van der Waals surface area contributed by atoms with Crippen molar-refractivity contribution in [2.45, 2.75) is 32.2 Å². The van der Waals surface area contributed by atoms with E-state index in [9.17, 15) is 4.79 Å². The van der Waals surface area contributed by atoms with E-state index in [1.807, 2.05) is 12.1 Å². The van der Waals surface area contributed by atoms with Gasteiger partial charge >= 0.3 is 0 Å². The van der Waals surface area contributed by atoms with Crippen LogP contribution in [0.25, 0.3) is 0 Å². The summed E-state index contributed by atoms with van der Waals surface area (Å²) in [4.78, 5) is 11.7. The van der Waals surface area contributed by atoms with Crippen LogP contribution in [0.2, 0.25) is 0 Å². The zero-order valence-corrected chi connectivity index (χ0v) is 9.37. The van der Waals surface area contributed by atoms with Crippen LogP contribution in [-0.4, -0.2) is 12.5 Å². The lowest BCUT2D eigenvalue weighted by atomic mass is 9.66. The topological polar surface area (TPSA) is 68.3 Å². The normalized spacial score (nSPS) is 17.8. The molecule has 0 spiro atoms. The molecule has 4 nitrogen and oxygen atoms in total. The fourth-order valence-corrected chi connectivity index (χ4v) is 2.13. The lowest BCUT2D eigenvalue weighted by molar-refractivity contribution is -0.125. The summed E-state index contributed by atoms with van der Waals surface area (Å²) in [5, 5.41) is 2.86. The van der Waals surface area contributed by atoms with Gasteiger partial charge < -0.3 is 15.5 Å². The van der Waals surface area contributed by atoms with Gasteiger partial charge in [0.15, 0.2) is 0 Å². The lowest BCUT2D eigenvalue weighted by Gasteiger charge is -2.40. The first-order valence-corrected chi connectivity index (χ1v) is 5.73. The second-order valence-electron chi connectivity index (χ2n) is 4.59. The van der Waals surface area contributed by atoms with Crippen molar-refractivity contribution in [1.82, 2.24) is 5.32 Å². The molecule has 0 radical (unpaired) electrons. The summed E-state index contributed by atoms with van der Waals surface area (Å²) in [6, 6.07) is 3.66. The maximum Gasteiger partial charge on any atom is 0.220 e. The SMILES string of the molecule is NCC1(CC(=O)NCc2ccco2)CCC1. The van der Waals surface area contributed by atoms with Crippen LogP contribution in [0.4, 0.5) is 0 Å². The quantitative estimate of drug-likeness (QED) is 0.791. The Morgan fingerprint density at radius 1 is 1.56 bits per heavy atom. The van der Waals surface area contributed by atoms with Crippen LogP contribution < -0.4 is 11.1 Å². The van der Waals surface area contributed by atoms with Gasteiger partial charge in [0.05, 0.1) is 12.8 Å². The summed E-state index contributed by atoms with van der Waals surface area (Å²) >= 11 is 0. The maximum absolute atomic E-state index is 11.7. The molecular formula is C12H18N2O2. The van der Waals surface area contributed by atoms with E-state index in [0.29, 0.717) is 19.5 Å². The van der Waals surface area contributed by atoms with Crippen LogP contribution >= 0.6 is 0 Å². The highest BCUT2D eigenvalue weighted by molar-refractivity contribution is 5.76. The molecule has 88 valence electrons. The van der Waals surface area contributed by atoms with Crippen molar-refractivity contribution in [3.05, 3.63) is 24.2 Å². The second-order valence-corrected chi connectivity index (χ2v) is 4.59. The number of amides is 1. The highest BCUT2D eigenvalue weighted by Gasteiger charge is 2.37. The van der Waals surface area contributed by atoms with Crippen LogP contribution in [0.1, 0.15) is 31.4 Å². The molecule has 1 aromatic rings. The van der Waals surface area contributed by atoms with Crippen LogP contribution in [0.15, 0.2) is 22.8 Å². The van der Waals surface area contributed by atoms with Gasteiger partial charge in [0.25, 0.3) is 0 Å². The second kappa shape index (κ2) is 4.70. The van der Waals surface area contributed by atoms with Crippen LogP contribution in [0.3, 0.4) is 0 Å². The van der Waals surface area contributed by atoms with E-state index in [1.54, 1.807) is 6.26 Å². The highest BCUT2D eigenvalue weighted by atomic mass is 16.3. The van der Waals surface area contributed by atoms with Crippen molar-refractivity contribution in [3.63, 3.8) is 0 Å². The molecule has 0 atom stereocenters. The average Bonchev–Trinajstić information content (AvgIpc) is 2.73. The fourth-order valence-electron chi connectivity index (χ4n) is 2.13. The zero-order chi connectivity index (χ0) is 11.4. The molecule has 3 N–H and O–H groups in total. The van der Waals surface area contributed by atoms with Gasteiger partial charge in [-0.25, -0.2) is 0 Å². The van der Waals surface area contributed by atoms with E-state index >= 15 is 0 Å². The molecule has 1 fully saturated rings. The summed E-state index contributed by atoms with van der Waals surface area (Å²) in [6.45, 7) is 1.08. The van der Waals surface area contributed by atoms with Crippen LogP contribution in [-0.2, 0) is 11.3 Å². The Morgan fingerprint density at radius 3 is 2.88 bits per heavy atom. The third-order valence-corrected chi connectivity index (χ3v) is 3.42. The molecule has 0 unspecified atom stereocenters. The Morgan fingerprint density at radius 2 is 2.38 bits per heavy atom. The summed E-state index contributed by atoms with van der Waals surface area (Å²) in [5.41, 5.74) is 5.79. The van der Waals surface area contributed by atoms with Gasteiger partial charge in [-0.1, -0.05) is 6.42 Å². The third kappa shape index (κ3) is 2.44.